The van der Waals surface area contributed by atoms with Gasteiger partial charge in [0.1, 0.15) is 11.8 Å². The average molecular weight is 546 g/mol. The van der Waals surface area contributed by atoms with E-state index in [1.54, 1.807) is 30.3 Å². The number of hydrazine groups is 1. The molecule has 198 valence electrons. The van der Waals surface area contributed by atoms with Gasteiger partial charge >= 0.3 is 5.97 Å². The lowest BCUT2D eigenvalue weighted by atomic mass is 10.1. The number of amides is 3. The molecule has 39 heavy (non-hydrogen) atoms. The fourth-order valence-electron chi connectivity index (χ4n) is 3.81. The first-order valence-corrected chi connectivity index (χ1v) is 12.2. The van der Waals surface area contributed by atoms with Crippen LogP contribution in [0.3, 0.4) is 0 Å². The third-order valence-electron chi connectivity index (χ3n) is 5.92. The first kappa shape index (κ1) is 27.3. The number of carbonyl (C=O) groups is 4. The lowest BCUT2D eigenvalue weighted by Gasteiger charge is -2.24. The topological polar surface area (TPSA) is 136 Å². The van der Waals surface area contributed by atoms with Gasteiger partial charge in [-0.05, 0) is 65.7 Å². The summed E-state index contributed by atoms with van der Waals surface area (Å²) in [6.07, 6.45) is 0. The first-order valence-electron chi connectivity index (χ1n) is 11.9. The Morgan fingerprint density at radius 3 is 2.26 bits per heavy atom. The zero-order valence-corrected chi connectivity index (χ0v) is 21.5. The molecule has 3 amide bonds. The van der Waals surface area contributed by atoms with Crippen molar-refractivity contribution in [2.75, 3.05) is 0 Å². The van der Waals surface area contributed by atoms with Crippen molar-refractivity contribution in [3.05, 3.63) is 112 Å². The number of aliphatic carboxylic acids is 1. The van der Waals surface area contributed by atoms with E-state index in [1.807, 2.05) is 24.3 Å². The fraction of sp³-hybridized carbons (Fsp3) is 0.103. The molecule has 0 fully saturated rings. The number of imide groups is 1. The van der Waals surface area contributed by atoms with Crippen molar-refractivity contribution in [3.63, 3.8) is 0 Å². The minimum Gasteiger partial charge on any atom is -0.508 e. The number of hydrogen-bond acceptors (Lipinski definition) is 6. The number of carbonyl (C=O) groups excluding carboxylic acids is 3. The van der Waals surface area contributed by atoms with Crippen LogP contribution in [-0.4, -0.2) is 45.0 Å². The van der Waals surface area contributed by atoms with E-state index < -0.39 is 29.7 Å². The Morgan fingerprint density at radius 2 is 1.56 bits per heavy atom. The van der Waals surface area contributed by atoms with E-state index in [2.05, 4.69) is 10.7 Å². The van der Waals surface area contributed by atoms with E-state index in [0.29, 0.717) is 10.6 Å². The van der Waals surface area contributed by atoms with Crippen LogP contribution >= 0.6 is 11.6 Å². The molecule has 4 N–H and O–H groups in total. The zero-order valence-electron chi connectivity index (χ0n) is 20.7. The normalized spacial score (nSPS) is 11.5. The maximum Gasteiger partial charge on any atom is 0.322 e. The summed E-state index contributed by atoms with van der Waals surface area (Å²) >= 11 is 6.36. The molecule has 4 aromatic rings. The van der Waals surface area contributed by atoms with E-state index in [9.17, 15) is 29.4 Å². The van der Waals surface area contributed by atoms with Crippen LogP contribution in [0.2, 0.25) is 5.02 Å². The van der Waals surface area contributed by atoms with Gasteiger partial charge < -0.3 is 15.5 Å². The van der Waals surface area contributed by atoms with Crippen molar-refractivity contribution in [2.24, 2.45) is 0 Å². The Kier molecular flexibility index (Phi) is 8.24. The summed E-state index contributed by atoms with van der Waals surface area (Å²) in [7, 11) is 0. The van der Waals surface area contributed by atoms with E-state index in [1.165, 1.54) is 37.3 Å². The van der Waals surface area contributed by atoms with Crippen molar-refractivity contribution in [1.82, 2.24) is 15.8 Å². The van der Waals surface area contributed by atoms with Crippen molar-refractivity contribution < 1.29 is 29.4 Å². The predicted octanol–water partition coefficient (Wildman–Crippen LogP) is 4.39. The first-order chi connectivity index (χ1) is 18.6. The summed E-state index contributed by atoms with van der Waals surface area (Å²) in [5, 5.41) is 23.8. The molecule has 0 aliphatic rings. The molecular formula is C29H24ClN3O6. The molecule has 0 heterocycles. The highest BCUT2D eigenvalue weighted by atomic mass is 35.5. The minimum absolute atomic E-state index is 0.0706. The predicted molar refractivity (Wildman–Crippen MR) is 145 cm³/mol. The molecule has 0 unspecified atom stereocenters. The quantitative estimate of drug-likeness (QED) is 0.190. The standard InChI is InChI=1S/C29H24ClN3O6/c1-17(29(38)39)32-33(27(36)22-10-9-19-6-2-3-7-20(19)14-22)28(37)24-12-11-21(15-25(24)30)26(35)31-16-18-5-4-8-23(34)13-18/h2-15,17,32,34H,16H2,1H3,(H,31,35)(H,38,39)/t17-/m0/s1. The molecule has 0 spiro atoms. The molecule has 4 aromatic carbocycles. The number of hydrogen-bond donors (Lipinski definition) is 4. The molecule has 0 saturated carbocycles. The summed E-state index contributed by atoms with van der Waals surface area (Å²) in [4.78, 5) is 51.0. The van der Waals surface area contributed by atoms with Gasteiger partial charge in [-0.25, -0.2) is 10.4 Å². The second-order valence-electron chi connectivity index (χ2n) is 8.74. The lowest BCUT2D eigenvalue weighted by molar-refractivity contribution is -0.139. The van der Waals surface area contributed by atoms with Crippen LogP contribution < -0.4 is 10.7 Å². The largest absolute Gasteiger partial charge is 0.508 e. The molecule has 1 atom stereocenters. The molecule has 4 rings (SSSR count). The number of nitrogens with zero attached hydrogens (tertiary/aromatic N) is 1. The number of rotatable bonds is 8. The van der Waals surface area contributed by atoms with Gasteiger partial charge in [0.2, 0.25) is 0 Å². The number of halogens is 1. The van der Waals surface area contributed by atoms with Crippen molar-refractivity contribution in [1.29, 1.82) is 0 Å². The SMILES string of the molecule is C[C@H](NN(C(=O)c1ccc2ccccc2c1)C(=O)c1ccc(C(=O)NCc2cccc(O)c2)cc1Cl)C(=O)O. The third-order valence-corrected chi connectivity index (χ3v) is 6.23. The van der Waals surface area contributed by atoms with Gasteiger partial charge in [0.25, 0.3) is 17.7 Å². The van der Waals surface area contributed by atoms with Crippen LogP contribution in [0.15, 0.2) is 84.9 Å². The smallest absolute Gasteiger partial charge is 0.322 e. The third kappa shape index (κ3) is 6.40. The molecule has 9 nitrogen and oxygen atoms in total. The van der Waals surface area contributed by atoms with Gasteiger partial charge in [-0.2, -0.15) is 0 Å². The second kappa shape index (κ2) is 11.8. The monoisotopic (exact) mass is 545 g/mol. The number of fused-ring (bicyclic) bond motifs is 1. The van der Waals surface area contributed by atoms with E-state index in [4.69, 9.17) is 11.6 Å². The summed E-state index contributed by atoms with van der Waals surface area (Å²) < 4.78 is 0. The Morgan fingerprint density at radius 1 is 0.846 bits per heavy atom. The summed E-state index contributed by atoms with van der Waals surface area (Å²) in [6, 6.07) is 21.3. The average Bonchev–Trinajstić information content (AvgIpc) is 2.93. The molecule has 0 aliphatic carbocycles. The highest BCUT2D eigenvalue weighted by Gasteiger charge is 2.29. The Labute approximate surface area is 228 Å². The van der Waals surface area contributed by atoms with Crippen molar-refractivity contribution >= 4 is 46.1 Å². The van der Waals surface area contributed by atoms with Crippen molar-refractivity contribution in [2.45, 2.75) is 19.5 Å². The van der Waals surface area contributed by atoms with Crippen LogP contribution in [0.5, 0.6) is 5.75 Å². The summed E-state index contributed by atoms with van der Waals surface area (Å²) in [6.45, 7) is 1.44. The minimum atomic E-state index is -1.28. The van der Waals surface area contributed by atoms with Crippen LogP contribution in [0.25, 0.3) is 10.8 Å². The van der Waals surface area contributed by atoms with Crippen LogP contribution in [0.1, 0.15) is 43.6 Å². The highest BCUT2D eigenvalue weighted by molar-refractivity contribution is 6.34. The molecule has 0 saturated heterocycles. The van der Waals surface area contributed by atoms with Gasteiger partial charge in [-0.15, -0.1) is 0 Å². The lowest BCUT2D eigenvalue weighted by Crippen LogP contribution is -2.53. The Balaban J connectivity index is 1.58. The number of carboxylic acids is 1. The van der Waals surface area contributed by atoms with Gasteiger partial charge in [-0.3, -0.25) is 19.2 Å². The molecule has 0 aliphatic heterocycles. The van der Waals surface area contributed by atoms with Crippen LogP contribution in [0.4, 0.5) is 0 Å². The van der Waals surface area contributed by atoms with E-state index >= 15 is 0 Å². The highest BCUT2D eigenvalue weighted by Crippen LogP contribution is 2.22. The maximum atomic E-state index is 13.5. The summed E-state index contributed by atoms with van der Waals surface area (Å²) in [5.74, 6) is -3.34. The number of phenols is 1. The van der Waals surface area contributed by atoms with E-state index in [0.717, 1.165) is 10.8 Å². The van der Waals surface area contributed by atoms with Crippen LogP contribution in [0, 0.1) is 0 Å². The zero-order chi connectivity index (χ0) is 28.1. The number of phenolic OH excluding ortho intramolecular Hbond substituents is 1. The maximum absolute atomic E-state index is 13.5. The molecular weight excluding hydrogens is 522 g/mol. The Hall–Kier alpha value is -4.73. The number of benzene rings is 4. The number of carboxylic acid groups (broad SMARTS) is 1. The number of aromatic hydroxyl groups is 1. The number of nitrogens with one attached hydrogen (secondary N) is 2. The molecule has 0 radical (unpaired) electrons. The van der Waals surface area contributed by atoms with E-state index in [-0.39, 0.29) is 34.0 Å². The molecule has 0 bridgehead atoms. The fourth-order valence-corrected chi connectivity index (χ4v) is 4.07. The van der Waals surface area contributed by atoms with Crippen LogP contribution in [-0.2, 0) is 11.3 Å². The molecule has 0 aromatic heterocycles. The van der Waals surface area contributed by atoms with Gasteiger partial charge in [0.15, 0.2) is 0 Å². The van der Waals surface area contributed by atoms with Crippen molar-refractivity contribution in [3.8, 4) is 5.75 Å². The van der Waals surface area contributed by atoms with Gasteiger partial charge in [0.05, 0.1) is 10.6 Å². The summed E-state index contributed by atoms with van der Waals surface area (Å²) in [5.41, 5.74) is 3.34. The van der Waals surface area contributed by atoms with Gasteiger partial charge in [-0.1, -0.05) is 54.1 Å². The Bertz CT molecular complexity index is 1590. The van der Waals surface area contributed by atoms with Gasteiger partial charge in [0, 0.05) is 17.7 Å². The molecule has 10 heteroatoms. The second-order valence-corrected chi connectivity index (χ2v) is 9.15.